The number of rotatable bonds is 2. The summed E-state index contributed by atoms with van der Waals surface area (Å²) in [6.45, 7) is 1.95. The number of aromatic nitrogens is 2. The van der Waals surface area contributed by atoms with Gasteiger partial charge in [-0.1, -0.05) is 29.8 Å². The SMILES string of the molecule is Cc1cccc(-c2c(O)nc(C3CSCCS3)[nH]c2=O)c1. The lowest BCUT2D eigenvalue weighted by Gasteiger charge is -2.20. The number of H-pyrrole nitrogens is 1. The van der Waals surface area contributed by atoms with Crippen LogP contribution in [0.15, 0.2) is 29.1 Å². The van der Waals surface area contributed by atoms with Crippen LogP contribution in [0.5, 0.6) is 5.88 Å². The van der Waals surface area contributed by atoms with E-state index in [1.807, 2.05) is 43.0 Å². The Morgan fingerprint density at radius 1 is 1.38 bits per heavy atom. The van der Waals surface area contributed by atoms with E-state index >= 15 is 0 Å². The van der Waals surface area contributed by atoms with E-state index in [1.165, 1.54) is 0 Å². The van der Waals surface area contributed by atoms with Crippen molar-refractivity contribution in [2.75, 3.05) is 17.3 Å². The predicted molar refractivity (Wildman–Crippen MR) is 89.2 cm³/mol. The van der Waals surface area contributed by atoms with Gasteiger partial charge in [0.2, 0.25) is 5.88 Å². The second-order valence-corrected chi connectivity index (χ2v) is 7.41. The average Bonchev–Trinajstić information content (AvgIpc) is 2.47. The van der Waals surface area contributed by atoms with Crippen LogP contribution in [0.1, 0.15) is 16.6 Å². The first kappa shape index (κ1) is 14.5. The minimum atomic E-state index is -0.278. The Morgan fingerprint density at radius 3 is 2.90 bits per heavy atom. The summed E-state index contributed by atoms with van der Waals surface area (Å²) < 4.78 is 0. The number of aryl methyl sites for hydroxylation is 1. The molecule has 21 heavy (non-hydrogen) atoms. The van der Waals surface area contributed by atoms with Gasteiger partial charge in [0, 0.05) is 17.3 Å². The third-order valence-corrected chi connectivity index (χ3v) is 6.11. The fourth-order valence-corrected chi connectivity index (χ4v) is 4.96. The lowest BCUT2D eigenvalue weighted by Crippen LogP contribution is -2.18. The van der Waals surface area contributed by atoms with Crippen LogP contribution in [0.25, 0.3) is 11.1 Å². The molecule has 1 aliphatic heterocycles. The van der Waals surface area contributed by atoms with Gasteiger partial charge in [-0.2, -0.15) is 16.7 Å². The number of nitrogens with zero attached hydrogens (tertiary/aromatic N) is 1. The van der Waals surface area contributed by atoms with Gasteiger partial charge in [0.15, 0.2) is 0 Å². The Labute approximate surface area is 131 Å². The first-order valence-electron chi connectivity index (χ1n) is 6.74. The van der Waals surface area contributed by atoms with E-state index in [4.69, 9.17) is 0 Å². The molecular formula is C15H16N2O2S2. The fraction of sp³-hybridized carbons (Fsp3) is 0.333. The Balaban J connectivity index is 2.02. The Hall–Kier alpha value is -1.40. The van der Waals surface area contributed by atoms with E-state index in [1.54, 1.807) is 11.8 Å². The Bertz CT molecular complexity index is 709. The number of hydrogen-bond donors (Lipinski definition) is 2. The van der Waals surface area contributed by atoms with Crippen LogP contribution >= 0.6 is 23.5 Å². The highest BCUT2D eigenvalue weighted by molar-refractivity contribution is 8.06. The third kappa shape index (κ3) is 3.11. The molecule has 2 heterocycles. The summed E-state index contributed by atoms with van der Waals surface area (Å²) in [6, 6.07) is 7.50. The molecule has 1 aromatic carbocycles. The number of benzene rings is 1. The zero-order chi connectivity index (χ0) is 14.8. The molecule has 1 atom stereocenters. The molecule has 2 N–H and O–H groups in total. The lowest BCUT2D eigenvalue weighted by molar-refractivity contribution is 0.450. The van der Waals surface area contributed by atoms with Crippen molar-refractivity contribution < 1.29 is 5.11 Å². The van der Waals surface area contributed by atoms with E-state index < -0.39 is 0 Å². The number of aromatic amines is 1. The van der Waals surface area contributed by atoms with Gasteiger partial charge in [-0.05, 0) is 12.5 Å². The van der Waals surface area contributed by atoms with Gasteiger partial charge in [-0.3, -0.25) is 4.79 Å². The zero-order valence-electron chi connectivity index (χ0n) is 11.6. The molecule has 3 rings (SSSR count). The van der Waals surface area contributed by atoms with Crippen molar-refractivity contribution in [3.63, 3.8) is 0 Å². The summed E-state index contributed by atoms with van der Waals surface area (Å²) in [6.07, 6.45) is 0. The molecule has 1 aliphatic rings. The van der Waals surface area contributed by atoms with Crippen LogP contribution in [0.4, 0.5) is 0 Å². The second kappa shape index (κ2) is 6.15. The van der Waals surface area contributed by atoms with Crippen LogP contribution in [-0.2, 0) is 0 Å². The molecule has 1 aromatic heterocycles. The van der Waals surface area contributed by atoms with E-state index in [9.17, 15) is 9.90 Å². The van der Waals surface area contributed by atoms with Crippen LogP contribution < -0.4 is 5.56 Å². The summed E-state index contributed by atoms with van der Waals surface area (Å²) in [7, 11) is 0. The fourth-order valence-electron chi connectivity index (χ4n) is 2.34. The largest absolute Gasteiger partial charge is 0.493 e. The highest BCUT2D eigenvalue weighted by Gasteiger charge is 2.21. The van der Waals surface area contributed by atoms with E-state index in [0.717, 1.165) is 22.8 Å². The topological polar surface area (TPSA) is 66.0 Å². The molecule has 1 fully saturated rings. The molecule has 110 valence electrons. The molecule has 0 spiro atoms. The standard InChI is InChI=1S/C15H16N2O2S2/c1-9-3-2-4-10(7-9)12-14(18)16-13(17-15(12)19)11-8-20-5-6-21-11/h2-4,7,11H,5-6,8H2,1H3,(H2,16,17,18,19). The van der Waals surface area contributed by atoms with Crippen LogP contribution in [0.3, 0.4) is 0 Å². The summed E-state index contributed by atoms with van der Waals surface area (Å²) in [5, 5.41) is 10.3. The average molecular weight is 320 g/mol. The molecule has 0 bridgehead atoms. The van der Waals surface area contributed by atoms with Crippen LogP contribution in [0.2, 0.25) is 0 Å². The summed E-state index contributed by atoms with van der Waals surface area (Å²) in [4.78, 5) is 19.4. The van der Waals surface area contributed by atoms with Crippen molar-refractivity contribution in [1.29, 1.82) is 0 Å². The Kier molecular flexibility index (Phi) is 4.26. The Morgan fingerprint density at radius 2 is 2.24 bits per heavy atom. The van der Waals surface area contributed by atoms with Crippen molar-refractivity contribution in [2.45, 2.75) is 12.2 Å². The van der Waals surface area contributed by atoms with Crippen molar-refractivity contribution in [1.82, 2.24) is 9.97 Å². The van der Waals surface area contributed by atoms with Gasteiger partial charge in [-0.25, -0.2) is 0 Å². The minimum absolute atomic E-state index is 0.147. The smallest absolute Gasteiger partial charge is 0.262 e. The molecule has 0 amide bonds. The maximum Gasteiger partial charge on any atom is 0.262 e. The van der Waals surface area contributed by atoms with E-state index in [0.29, 0.717) is 11.4 Å². The zero-order valence-corrected chi connectivity index (χ0v) is 13.3. The van der Waals surface area contributed by atoms with E-state index in [2.05, 4.69) is 9.97 Å². The lowest BCUT2D eigenvalue weighted by atomic mass is 10.1. The van der Waals surface area contributed by atoms with Gasteiger partial charge in [0.1, 0.15) is 11.4 Å². The number of nitrogens with one attached hydrogen (secondary N) is 1. The monoisotopic (exact) mass is 320 g/mol. The summed E-state index contributed by atoms with van der Waals surface area (Å²) in [5.41, 5.74) is 1.70. The molecule has 2 aromatic rings. The first-order valence-corrected chi connectivity index (χ1v) is 8.95. The van der Waals surface area contributed by atoms with Crippen molar-refractivity contribution in [2.24, 2.45) is 0 Å². The quantitative estimate of drug-likeness (QED) is 0.890. The maximum absolute atomic E-state index is 12.3. The van der Waals surface area contributed by atoms with Crippen LogP contribution in [-0.4, -0.2) is 32.3 Å². The highest BCUT2D eigenvalue weighted by atomic mass is 32.2. The molecule has 0 aliphatic carbocycles. The maximum atomic E-state index is 12.3. The number of hydrogen-bond acceptors (Lipinski definition) is 5. The predicted octanol–water partition coefficient (Wildman–Crippen LogP) is 2.97. The van der Waals surface area contributed by atoms with Gasteiger partial charge in [0.05, 0.1) is 5.25 Å². The molecule has 0 saturated carbocycles. The molecule has 4 nitrogen and oxygen atoms in total. The summed E-state index contributed by atoms with van der Waals surface area (Å²) >= 11 is 3.62. The second-order valence-electron chi connectivity index (χ2n) is 4.95. The molecule has 0 radical (unpaired) electrons. The highest BCUT2D eigenvalue weighted by Crippen LogP contribution is 2.36. The van der Waals surface area contributed by atoms with Gasteiger partial charge in [-0.15, -0.1) is 11.8 Å². The van der Waals surface area contributed by atoms with Crippen molar-refractivity contribution in [3.8, 4) is 17.0 Å². The van der Waals surface area contributed by atoms with E-state index in [-0.39, 0.29) is 22.3 Å². The van der Waals surface area contributed by atoms with Crippen molar-refractivity contribution >= 4 is 23.5 Å². The molecule has 6 heteroatoms. The number of thioether (sulfide) groups is 2. The normalized spacial score (nSPS) is 18.6. The first-order chi connectivity index (χ1) is 10.1. The van der Waals surface area contributed by atoms with Gasteiger partial charge < -0.3 is 10.1 Å². The summed E-state index contributed by atoms with van der Waals surface area (Å²) in [5.74, 6) is 3.47. The number of aromatic hydroxyl groups is 1. The molecule has 1 unspecified atom stereocenters. The third-order valence-electron chi connectivity index (χ3n) is 3.35. The van der Waals surface area contributed by atoms with Crippen molar-refractivity contribution in [3.05, 3.63) is 46.0 Å². The minimum Gasteiger partial charge on any atom is -0.493 e. The molecule has 1 saturated heterocycles. The van der Waals surface area contributed by atoms with Gasteiger partial charge in [0.25, 0.3) is 5.56 Å². The van der Waals surface area contributed by atoms with Crippen LogP contribution in [0, 0.1) is 6.92 Å². The van der Waals surface area contributed by atoms with Gasteiger partial charge >= 0.3 is 0 Å². The molecular weight excluding hydrogens is 304 g/mol.